The second kappa shape index (κ2) is 5.15. The Morgan fingerprint density at radius 1 is 1.31 bits per heavy atom. The van der Waals surface area contributed by atoms with Gasteiger partial charge in [0.25, 0.3) is 0 Å². The normalized spacial score (nSPS) is 29.2. The minimum atomic E-state index is -0.332. The first kappa shape index (κ1) is 11.9. The fourth-order valence-electron chi connectivity index (χ4n) is 2.76. The van der Waals surface area contributed by atoms with Crippen LogP contribution in [0.5, 0.6) is 0 Å². The first-order valence-electron chi connectivity index (χ1n) is 6.33. The monoisotopic (exact) mass is 227 g/mol. The highest BCUT2D eigenvalue weighted by molar-refractivity contribution is 5.86. The standard InChI is InChI=1S/C12H21NO3/c1-3-15-12(16-4-2)10-9-7-5-6-8-13(9)11(10)14/h9-10,12H,3-8H2,1-2H3/t9-,10-/m1/s1. The summed E-state index contributed by atoms with van der Waals surface area (Å²) in [5.41, 5.74) is 0. The molecule has 0 radical (unpaired) electrons. The van der Waals surface area contributed by atoms with Crippen molar-refractivity contribution in [1.29, 1.82) is 0 Å². The molecular weight excluding hydrogens is 206 g/mol. The van der Waals surface area contributed by atoms with E-state index in [0.29, 0.717) is 19.3 Å². The van der Waals surface area contributed by atoms with Gasteiger partial charge in [0.1, 0.15) is 5.92 Å². The van der Waals surface area contributed by atoms with Crippen LogP contribution in [0.25, 0.3) is 0 Å². The van der Waals surface area contributed by atoms with Crippen molar-refractivity contribution in [3.05, 3.63) is 0 Å². The Morgan fingerprint density at radius 2 is 2.00 bits per heavy atom. The van der Waals surface area contributed by atoms with Crippen molar-refractivity contribution in [1.82, 2.24) is 4.90 Å². The highest BCUT2D eigenvalue weighted by Crippen LogP contribution is 2.37. The topological polar surface area (TPSA) is 38.8 Å². The van der Waals surface area contributed by atoms with Crippen LogP contribution in [0.4, 0.5) is 0 Å². The molecule has 0 saturated carbocycles. The van der Waals surface area contributed by atoms with Crippen LogP contribution in [0.1, 0.15) is 33.1 Å². The Bertz CT molecular complexity index is 251. The van der Waals surface area contributed by atoms with Crippen LogP contribution in [-0.2, 0) is 14.3 Å². The molecule has 92 valence electrons. The zero-order valence-electron chi connectivity index (χ0n) is 10.1. The maximum Gasteiger partial charge on any atom is 0.233 e. The Balaban J connectivity index is 1.98. The van der Waals surface area contributed by atoms with Crippen LogP contribution >= 0.6 is 0 Å². The van der Waals surface area contributed by atoms with E-state index in [0.717, 1.165) is 19.4 Å². The fraction of sp³-hybridized carbons (Fsp3) is 0.917. The van der Waals surface area contributed by atoms with Gasteiger partial charge < -0.3 is 14.4 Å². The zero-order chi connectivity index (χ0) is 11.5. The number of rotatable bonds is 5. The van der Waals surface area contributed by atoms with E-state index in [1.54, 1.807) is 0 Å². The second-order valence-corrected chi connectivity index (χ2v) is 4.40. The molecule has 0 unspecified atom stereocenters. The number of β-lactam (4-membered cyclic amide) rings is 1. The number of ether oxygens (including phenoxy) is 2. The summed E-state index contributed by atoms with van der Waals surface area (Å²) in [5, 5.41) is 0. The summed E-state index contributed by atoms with van der Waals surface area (Å²) in [6.07, 6.45) is 3.13. The van der Waals surface area contributed by atoms with E-state index in [1.807, 2.05) is 18.7 Å². The number of carbonyl (C=O) groups is 1. The van der Waals surface area contributed by atoms with Gasteiger partial charge >= 0.3 is 0 Å². The molecule has 2 heterocycles. The van der Waals surface area contributed by atoms with E-state index in [-0.39, 0.29) is 18.1 Å². The van der Waals surface area contributed by atoms with E-state index in [1.165, 1.54) is 6.42 Å². The van der Waals surface area contributed by atoms with Crippen LogP contribution < -0.4 is 0 Å². The molecule has 16 heavy (non-hydrogen) atoms. The van der Waals surface area contributed by atoms with Crippen molar-refractivity contribution in [2.45, 2.75) is 45.4 Å². The summed E-state index contributed by atoms with van der Waals surface area (Å²) in [7, 11) is 0. The molecule has 4 nitrogen and oxygen atoms in total. The average molecular weight is 227 g/mol. The fourth-order valence-corrected chi connectivity index (χ4v) is 2.76. The van der Waals surface area contributed by atoms with E-state index >= 15 is 0 Å². The number of piperidine rings is 1. The maximum absolute atomic E-state index is 12.0. The van der Waals surface area contributed by atoms with Crippen LogP contribution in [-0.4, -0.2) is 42.9 Å². The molecule has 0 bridgehead atoms. The lowest BCUT2D eigenvalue weighted by Gasteiger charge is -2.51. The van der Waals surface area contributed by atoms with E-state index in [4.69, 9.17) is 9.47 Å². The summed E-state index contributed by atoms with van der Waals surface area (Å²) in [6.45, 7) is 5.99. The van der Waals surface area contributed by atoms with Gasteiger partial charge in [0, 0.05) is 25.8 Å². The van der Waals surface area contributed by atoms with Gasteiger partial charge in [0.15, 0.2) is 6.29 Å². The molecule has 2 aliphatic heterocycles. The summed E-state index contributed by atoms with van der Waals surface area (Å²) in [6, 6.07) is 0.365. The lowest BCUT2D eigenvalue weighted by molar-refractivity contribution is -0.217. The van der Waals surface area contributed by atoms with Crippen LogP contribution in [0.2, 0.25) is 0 Å². The molecule has 2 saturated heterocycles. The predicted octanol–water partition coefficient (Wildman–Crippen LogP) is 1.40. The third-order valence-electron chi connectivity index (χ3n) is 3.49. The summed E-state index contributed by atoms with van der Waals surface area (Å²) >= 11 is 0. The van der Waals surface area contributed by atoms with Gasteiger partial charge in [-0.15, -0.1) is 0 Å². The van der Waals surface area contributed by atoms with Gasteiger partial charge in [-0.25, -0.2) is 0 Å². The minimum Gasteiger partial charge on any atom is -0.352 e. The highest BCUT2D eigenvalue weighted by atomic mass is 16.7. The van der Waals surface area contributed by atoms with Gasteiger partial charge in [-0.1, -0.05) is 0 Å². The number of amides is 1. The van der Waals surface area contributed by atoms with Gasteiger partial charge in [0.05, 0.1) is 0 Å². The van der Waals surface area contributed by atoms with E-state index in [9.17, 15) is 4.79 Å². The minimum absolute atomic E-state index is 0.0554. The molecule has 0 aromatic rings. The first-order valence-corrected chi connectivity index (χ1v) is 6.33. The van der Waals surface area contributed by atoms with E-state index in [2.05, 4.69) is 0 Å². The molecule has 2 atom stereocenters. The lowest BCUT2D eigenvalue weighted by atomic mass is 9.80. The Labute approximate surface area is 96.9 Å². The summed E-state index contributed by atoms with van der Waals surface area (Å²) < 4.78 is 11.1. The molecule has 0 aromatic carbocycles. The molecular formula is C12H21NO3. The Hall–Kier alpha value is -0.610. The summed E-state index contributed by atoms with van der Waals surface area (Å²) in [4.78, 5) is 13.9. The smallest absolute Gasteiger partial charge is 0.233 e. The number of nitrogens with zero attached hydrogens (tertiary/aromatic N) is 1. The molecule has 1 amide bonds. The van der Waals surface area contributed by atoms with Crippen LogP contribution in [0, 0.1) is 5.92 Å². The first-order chi connectivity index (χ1) is 7.79. The molecule has 0 N–H and O–H groups in total. The molecule has 0 aliphatic carbocycles. The molecule has 0 spiro atoms. The second-order valence-electron chi connectivity index (χ2n) is 4.40. The SMILES string of the molecule is CCOC(OCC)[C@H]1C(=O)N2CCCC[C@H]12. The van der Waals surface area contributed by atoms with Crippen LogP contribution in [0.15, 0.2) is 0 Å². The quantitative estimate of drug-likeness (QED) is 0.526. The molecule has 2 aliphatic rings. The lowest BCUT2D eigenvalue weighted by Crippen LogP contribution is -2.66. The molecule has 4 heteroatoms. The highest BCUT2D eigenvalue weighted by Gasteiger charge is 2.52. The maximum atomic E-state index is 12.0. The van der Waals surface area contributed by atoms with Crippen molar-refractivity contribution in [2.24, 2.45) is 5.92 Å². The average Bonchev–Trinajstić information content (AvgIpc) is 2.29. The zero-order valence-corrected chi connectivity index (χ0v) is 10.1. The number of hydrogen-bond donors (Lipinski definition) is 0. The number of carbonyl (C=O) groups excluding carboxylic acids is 1. The third-order valence-corrected chi connectivity index (χ3v) is 3.49. The Morgan fingerprint density at radius 3 is 2.62 bits per heavy atom. The van der Waals surface area contributed by atoms with Crippen molar-refractivity contribution in [3.8, 4) is 0 Å². The van der Waals surface area contributed by atoms with Gasteiger partial charge in [-0.3, -0.25) is 4.79 Å². The van der Waals surface area contributed by atoms with Gasteiger partial charge in [-0.05, 0) is 33.1 Å². The van der Waals surface area contributed by atoms with Crippen molar-refractivity contribution in [3.63, 3.8) is 0 Å². The molecule has 2 fully saturated rings. The van der Waals surface area contributed by atoms with Crippen molar-refractivity contribution < 1.29 is 14.3 Å². The van der Waals surface area contributed by atoms with Crippen molar-refractivity contribution in [2.75, 3.05) is 19.8 Å². The summed E-state index contributed by atoms with van der Waals surface area (Å²) in [5.74, 6) is 0.164. The number of hydrogen-bond acceptors (Lipinski definition) is 3. The van der Waals surface area contributed by atoms with E-state index < -0.39 is 0 Å². The largest absolute Gasteiger partial charge is 0.352 e. The molecule has 0 aromatic heterocycles. The number of fused-ring (bicyclic) bond motifs is 1. The Kier molecular flexibility index (Phi) is 3.82. The van der Waals surface area contributed by atoms with Crippen LogP contribution in [0.3, 0.4) is 0 Å². The molecule has 2 rings (SSSR count). The third kappa shape index (κ3) is 1.96. The van der Waals surface area contributed by atoms with Crippen molar-refractivity contribution >= 4 is 5.91 Å². The van der Waals surface area contributed by atoms with Gasteiger partial charge in [0.2, 0.25) is 5.91 Å². The predicted molar refractivity (Wildman–Crippen MR) is 59.9 cm³/mol. The van der Waals surface area contributed by atoms with Gasteiger partial charge in [-0.2, -0.15) is 0 Å².